The molecule has 1 rings (SSSR count). The standard InChI is InChI=1S/C11H11NO2/c1-4-9-6-5-7-10(8(2)3)11(9)12(13)14/h1,5-8H,2-3H3. The van der Waals surface area contributed by atoms with Gasteiger partial charge in [0.15, 0.2) is 0 Å². The van der Waals surface area contributed by atoms with Gasteiger partial charge in [0.05, 0.1) is 4.92 Å². The summed E-state index contributed by atoms with van der Waals surface area (Å²) < 4.78 is 0. The second-order valence-electron chi connectivity index (χ2n) is 3.30. The van der Waals surface area contributed by atoms with Crippen molar-refractivity contribution >= 4 is 5.69 Å². The van der Waals surface area contributed by atoms with Crippen molar-refractivity contribution in [1.29, 1.82) is 0 Å². The molecule has 0 atom stereocenters. The van der Waals surface area contributed by atoms with E-state index in [1.807, 2.05) is 13.8 Å². The van der Waals surface area contributed by atoms with Crippen LogP contribution in [0.3, 0.4) is 0 Å². The van der Waals surface area contributed by atoms with E-state index >= 15 is 0 Å². The monoisotopic (exact) mass is 189 g/mol. The lowest BCUT2D eigenvalue weighted by Gasteiger charge is -2.06. The highest BCUT2D eigenvalue weighted by Gasteiger charge is 2.19. The van der Waals surface area contributed by atoms with Crippen LogP contribution in [0, 0.1) is 22.5 Å². The van der Waals surface area contributed by atoms with Crippen molar-refractivity contribution in [3.8, 4) is 12.3 Å². The Labute approximate surface area is 82.9 Å². The number of hydrogen-bond acceptors (Lipinski definition) is 2. The summed E-state index contributed by atoms with van der Waals surface area (Å²) in [5.74, 6) is 2.43. The fourth-order valence-electron chi connectivity index (χ4n) is 1.35. The zero-order valence-corrected chi connectivity index (χ0v) is 8.15. The second kappa shape index (κ2) is 3.93. The van der Waals surface area contributed by atoms with E-state index in [-0.39, 0.29) is 11.6 Å². The highest BCUT2D eigenvalue weighted by molar-refractivity contribution is 5.56. The molecule has 72 valence electrons. The zero-order valence-electron chi connectivity index (χ0n) is 8.15. The maximum atomic E-state index is 10.8. The largest absolute Gasteiger partial charge is 0.288 e. The summed E-state index contributed by atoms with van der Waals surface area (Å²) in [6.07, 6.45) is 5.20. The Morgan fingerprint density at radius 2 is 2.14 bits per heavy atom. The molecule has 14 heavy (non-hydrogen) atoms. The number of rotatable bonds is 2. The molecular formula is C11H11NO2. The van der Waals surface area contributed by atoms with Crippen LogP contribution in [0.15, 0.2) is 18.2 Å². The van der Waals surface area contributed by atoms with Crippen molar-refractivity contribution in [3.05, 3.63) is 39.4 Å². The van der Waals surface area contributed by atoms with Gasteiger partial charge in [-0.3, -0.25) is 10.1 Å². The summed E-state index contributed by atoms with van der Waals surface area (Å²) >= 11 is 0. The molecule has 0 fully saturated rings. The van der Waals surface area contributed by atoms with Gasteiger partial charge in [0.25, 0.3) is 5.69 Å². The molecule has 0 amide bonds. The van der Waals surface area contributed by atoms with Crippen LogP contribution in [-0.2, 0) is 0 Å². The SMILES string of the molecule is C#Cc1cccc(C(C)C)c1[N+](=O)[O-]. The molecule has 0 aromatic heterocycles. The van der Waals surface area contributed by atoms with Gasteiger partial charge in [0, 0.05) is 5.56 Å². The molecule has 1 aromatic carbocycles. The molecule has 0 spiro atoms. The third-order valence-electron chi connectivity index (χ3n) is 2.03. The second-order valence-corrected chi connectivity index (χ2v) is 3.30. The summed E-state index contributed by atoms with van der Waals surface area (Å²) in [5.41, 5.74) is 1.09. The normalized spacial score (nSPS) is 9.86. The zero-order chi connectivity index (χ0) is 10.7. The number of nitro groups is 1. The average molecular weight is 189 g/mol. The lowest BCUT2D eigenvalue weighted by molar-refractivity contribution is -0.385. The van der Waals surface area contributed by atoms with Gasteiger partial charge in [-0.1, -0.05) is 31.9 Å². The molecule has 0 aliphatic heterocycles. The van der Waals surface area contributed by atoms with E-state index in [1.54, 1.807) is 18.2 Å². The fraction of sp³-hybridized carbons (Fsp3) is 0.273. The van der Waals surface area contributed by atoms with Crippen LogP contribution in [0.4, 0.5) is 5.69 Å². The van der Waals surface area contributed by atoms with Gasteiger partial charge < -0.3 is 0 Å². The van der Waals surface area contributed by atoms with E-state index in [0.717, 1.165) is 0 Å². The molecule has 0 bridgehead atoms. The van der Waals surface area contributed by atoms with Crippen LogP contribution >= 0.6 is 0 Å². The summed E-state index contributed by atoms with van der Waals surface area (Å²) in [4.78, 5) is 10.4. The number of terminal acetylenes is 1. The predicted octanol–water partition coefficient (Wildman–Crippen LogP) is 2.70. The van der Waals surface area contributed by atoms with Crippen molar-refractivity contribution in [2.24, 2.45) is 0 Å². The molecule has 3 nitrogen and oxygen atoms in total. The van der Waals surface area contributed by atoms with Crippen LogP contribution in [-0.4, -0.2) is 4.92 Å². The molecule has 1 aromatic rings. The molecule has 0 N–H and O–H groups in total. The molecule has 0 radical (unpaired) electrons. The van der Waals surface area contributed by atoms with Gasteiger partial charge in [-0.15, -0.1) is 6.42 Å². The van der Waals surface area contributed by atoms with E-state index in [2.05, 4.69) is 5.92 Å². The summed E-state index contributed by atoms with van der Waals surface area (Å²) in [7, 11) is 0. The van der Waals surface area contributed by atoms with Crippen LogP contribution in [0.5, 0.6) is 0 Å². The van der Waals surface area contributed by atoms with Crippen LogP contribution in [0.25, 0.3) is 0 Å². The van der Waals surface area contributed by atoms with E-state index < -0.39 is 4.92 Å². The number of hydrogen-bond donors (Lipinski definition) is 0. The number of benzene rings is 1. The fourth-order valence-corrected chi connectivity index (χ4v) is 1.35. The lowest BCUT2D eigenvalue weighted by atomic mass is 9.98. The van der Waals surface area contributed by atoms with Crippen LogP contribution in [0.2, 0.25) is 0 Å². The Hall–Kier alpha value is -1.82. The van der Waals surface area contributed by atoms with Crippen molar-refractivity contribution in [2.75, 3.05) is 0 Å². The van der Waals surface area contributed by atoms with E-state index in [9.17, 15) is 10.1 Å². The Bertz CT molecular complexity index is 402. The molecule has 3 heteroatoms. The Morgan fingerprint density at radius 1 is 1.50 bits per heavy atom. The maximum Gasteiger partial charge on any atom is 0.288 e. The molecule has 0 unspecified atom stereocenters. The topological polar surface area (TPSA) is 43.1 Å². The minimum absolute atomic E-state index is 0.0602. The molecule has 0 aliphatic rings. The first-order valence-electron chi connectivity index (χ1n) is 4.31. The number of para-hydroxylation sites is 1. The minimum Gasteiger partial charge on any atom is -0.258 e. The lowest BCUT2D eigenvalue weighted by Crippen LogP contribution is -1.99. The first-order valence-corrected chi connectivity index (χ1v) is 4.31. The molecular weight excluding hydrogens is 178 g/mol. The first-order chi connectivity index (χ1) is 6.57. The highest BCUT2D eigenvalue weighted by Crippen LogP contribution is 2.28. The summed E-state index contributed by atoms with van der Waals surface area (Å²) in [5, 5.41) is 10.8. The van der Waals surface area contributed by atoms with Crippen LogP contribution < -0.4 is 0 Å². The van der Waals surface area contributed by atoms with Gasteiger partial charge in [0.1, 0.15) is 5.56 Å². The number of nitro benzene ring substituents is 1. The molecule has 0 heterocycles. The van der Waals surface area contributed by atoms with Crippen molar-refractivity contribution in [1.82, 2.24) is 0 Å². The van der Waals surface area contributed by atoms with E-state index in [1.165, 1.54) is 0 Å². The highest BCUT2D eigenvalue weighted by atomic mass is 16.6. The quantitative estimate of drug-likeness (QED) is 0.408. The van der Waals surface area contributed by atoms with Crippen molar-refractivity contribution in [2.45, 2.75) is 19.8 Å². The van der Waals surface area contributed by atoms with E-state index in [0.29, 0.717) is 11.1 Å². The number of nitrogens with zero attached hydrogens (tertiary/aromatic N) is 1. The average Bonchev–Trinajstić information content (AvgIpc) is 2.16. The molecule has 0 aliphatic carbocycles. The van der Waals surface area contributed by atoms with Gasteiger partial charge in [-0.05, 0) is 12.0 Å². The third kappa shape index (κ3) is 1.74. The van der Waals surface area contributed by atoms with E-state index in [4.69, 9.17) is 6.42 Å². The van der Waals surface area contributed by atoms with Gasteiger partial charge in [0.2, 0.25) is 0 Å². The summed E-state index contributed by atoms with van der Waals surface area (Å²) in [6.45, 7) is 3.81. The summed E-state index contributed by atoms with van der Waals surface area (Å²) in [6, 6.07) is 5.07. The third-order valence-corrected chi connectivity index (χ3v) is 2.03. The Morgan fingerprint density at radius 3 is 2.57 bits per heavy atom. The smallest absolute Gasteiger partial charge is 0.258 e. The van der Waals surface area contributed by atoms with Crippen molar-refractivity contribution < 1.29 is 4.92 Å². The van der Waals surface area contributed by atoms with Gasteiger partial charge in [-0.2, -0.15) is 0 Å². The molecule has 0 saturated carbocycles. The maximum absolute atomic E-state index is 10.8. The Balaban J connectivity index is 3.45. The van der Waals surface area contributed by atoms with Crippen LogP contribution in [0.1, 0.15) is 30.9 Å². The minimum atomic E-state index is -0.412. The molecule has 0 saturated heterocycles. The Kier molecular flexibility index (Phi) is 2.88. The van der Waals surface area contributed by atoms with Gasteiger partial charge in [-0.25, -0.2) is 0 Å². The first kappa shape index (κ1) is 10.3. The van der Waals surface area contributed by atoms with Crippen molar-refractivity contribution in [3.63, 3.8) is 0 Å². The van der Waals surface area contributed by atoms with Gasteiger partial charge >= 0.3 is 0 Å². The predicted molar refractivity (Wildman–Crippen MR) is 55.1 cm³/mol.